The van der Waals surface area contributed by atoms with Gasteiger partial charge in [0.25, 0.3) is 0 Å². The highest BCUT2D eigenvalue weighted by Gasteiger charge is 2.64. The first kappa shape index (κ1) is 25.3. The molecule has 0 unspecified atom stereocenters. The van der Waals surface area contributed by atoms with E-state index in [9.17, 15) is 19.2 Å². The van der Waals surface area contributed by atoms with Crippen LogP contribution in [0, 0.1) is 28.1 Å². The van der Waals surface area contributed by atoms with Gasteiger partial charge in [-0.1, -0.05) is 45.9 Å². The number of carbonyl (C=O) groups excluding carboxylic acids is 4. The summed E-state index contributed by atoms with van der Waals surface area (Å²) in [5, 5.41) is 0. The van der Waals surface area contributed by atoms with Crippen LogP contribution in [0.5, 0.6) is 0 Å². The molecule has 3 saturated carbocycles. The highest BCUT2D eigenvalue weighted by Crippen LogP contribution is 2.68. The minimum absolute atomic E-state index is 0.0161. The van der Waals surface area contributed by atoms with E-state index in [1.807, 2.05) is 19.1 Å². The van der Waals surface area contributed by atoms with E-state index in [0.29, 0.717) is 30.1 Å². The number of allylic oxidation sites excluding steroid dienone is 8. The first-order chi connectivity index (χ1) is 15.2. The molecule has 3 aliphatic rings. The quantitative estimate of drug-likeness (QED) is 0.385. The molecule has 3 aliphatic carbocycles. The zero-order chi connectivity index (χ0) is 24.8. The van der Waals surface area contributed by atoms with Gasteiger partial charge in [-0.25, -0.2) is 0 Å². The molecule has 0 aliphatic heterocycles. The first-order valence-corrected chi connectivity index (χ1v) is 12.1. The van der Waals surface area contributed by atoms with Crippen LogP contribution in [-0.2, 0) is 19.2 Å². The number of hydrogen-bond donors (Lipinski definition) is 0. The lowest BCUT2D eigenvalue weighted by Gasteiger charge is -2.60. The molecule has 0 amide bonds. The van der Waals surface area contributed by atoms with E-state index in [1.54, 1.807) is 13.0 Å². The maximum atomic E-state index is 13.3. The van der Waals surface area contributed by atoms with Crippen LogP contribution in [0.25, 0.3) is 0 Å². The lowest BCUT2D eigenvalue weighted by molar-refractivity contribution is -0.154. The van der Waals surface area contributed by atoms with Gasteiger partial charge in [0.1, 0.15) is 5.78 Å². The molecule has 0 aromatic heterocycles. The molecule has 4 atom stereocenters. The molecule has 4 nitrogen and oxygen atoms in total. The van der Waals surface area contributed by atoms with Gasteiger partial charge >= 0.3 is 0 Å². The van der Waals surface area contributed by atoms with Gasteiger partial charge in [-0.3, -0.25) is 19.2 Å². The average molecular weight is 451 g/mol. The SMILES string of the molecule is CC(=O)/C=C\C(=O)/C(C)=C/C=C/C(C)=C1\C(=O)C[C@@H]2[C@@]3(C)CCC(=O)C(C)(C)[C@@H]3CC[C@]12C. The second kappa shape index (κ2) is 8.77. The highest BCUT2D eigenvalue weighted by atomic mass is 16.1. The number of ketones is 4. The zero-order valence-electron chi connectivity index (χ0n) is 21.2. The van der Waals surface area contributed by atoms with Crippen molar-refractivity contribution in [2.45, 2.75) is 80.6 Å². The molecule has 33 heavy (non-hydrogen) atoms. The van der Waals surface area contributed by atoms with Crippen LogP contribution in [0.4, 0.5) is 0 Å². The summed E-state index contributed by atoms with van der Waals surface area (Å²) < 4.78 is 0. The topological polar surface area (TPSA) is 68.3 Å². The molecular weight excluding hydrogens is 412 g/mol. The van der Waals surface area contributed by atoms with E-state index in [-0.39, 0.29) is 39.5 Å². The monoisotopic (exact) mass is 450 g/mol. The average Bonchev–Trinajstić information content (AvgIpc) is 3.00. The molecule has 0 bridgehead atoms. The number of Topliss-reactive ketones (excluding diaryl/α,β-unsaturated/α-hetero) is 2. The third-order valence-electron chi connectivity index (χ3n) is 8.98. The predicted molar refractivity (Wildman–Crippen MR) is 130 cm³/mol. The number of rotatable bonds is 5. The Hall–Kier alpha value is -2.36. The maximum absolute atomic E-state index is 13.3. The van der Waals surface area contributed by atoms with E-state index in [2.05, 4.69) is 27.7 Å². The van der Waals surface area contributed by atoms with Crippen LogP contribution in [0.15, 0.2) is 47.1 Å². The van der Waals surface area contributed by atoms with Crippen molar-refractivity contribution in [3.8, 4) is 0 Å². The molecule has 0 saturated heterocycles. The van der Waals surface area contributed by atoms with Gasteiger partial charge < -0.3 is 0 Å². The Balaban J connectivity index is 1.90. The Morgan fingerprint density at radius 2 is 1.58 bits per heavy atom. The van der Waals surface area contributed by atoms with Crippen molar-refractivity contribution in [1.82, 2.24) is 0 Å². The van der Waals surface area contributed by atoms with E-state index in [4.69, 9.17) is 0 Å². The Bertz CT molecular complexity index is 1020. The van der Waals surface area contributed by atoms with Crippen molar-refractivity contribution < 1.29 is 19.2 Å². The molecule has 4 heteroatoms. The van der Waals surface area contributed by atoms with E-state index in [1.165, 1.54) is 19.1 Å². The molecule has 0 radical (unpaired) electrons. The molecule has 3 fully saturated rings. The van der Waals surface area contributed by atoms with Crippen molar-refractivity contribution in [3.05, 3.63) is 47.1 Å². The molecule has 178 valence electrons. The fourth-order valence-corrected chi connectivity index (χ4v) is 7.21. The third-order valence-corrected chi connectivity index (χ3v) is 8.98. The second-order valence-corrected chi connectivity index (χ2v) is 11.4. The molecule has 0 aromatic carbocycles. The molecular formula is C29H38O4. The van der Waals surface area contributed by atoms with Gasteiger partial charge in [0.2, 0.25) is 0 Å². The summed E-state index contributed by atoms with van der Waals surface area (Å²) in [6.07, 6.45) is 11.9. The summed E-state index contributed by atoms with van der Waals surface area (Å²) in [5.74, 6) is 0.781. The second-order valence-electron chi connectivity index (χ2n) is 11.4. The first-order valence-electron chi connectivity index (χ1n) is 12.1. The fourth-order valence-electron chi connectivity index (χ4n) is 7.21. The van der Waals surface area contributed by atoms with Crippen molar-refractivity contribution in [2.24, 2.45) is 28.1 Å². The van der Waals surface area contributed by atoms with E-state index >= 15 is 0 Å². The largest absolute Gasteiger partial charge is 0.299 e. The Morgan fingerprint density at radius 1 is 0.909 bits per heavy atom. The van der Waals surface area contributed by atoms with Crippen LogP contribution in [0.2, 0.25) is 0 Å². The summed E-state index contributed by atoms with van der Waals surface area (Å²) in [7, 11) is 0. The van der Waals surface area contributed by atoms with Crippen molar-refractivity contribution in [1.29, 1.82) is 0 Å². The summed E-state index contributed by atoms with van der Waals surface area (Å²) >= 11 is 0. The van der Waals surface area contributed by atoms with Gasteiger partial charge in [0.05, 0.1) is 0 Å². The summed E-state index contributed by atoms with van der Waals surface area (Å²) in [4.78, 5) is 49.1. The Kier molecular flexibility index (Phi) is 6.72. The normalized spacial score (nSPS) is 35.7. The predicted octanol–water partition coefficient (Wildman–Crippen LogP) is 5.92. The van der Waals surface area contributed by atoms with Crippen molar-refractivity contribution in [2.75, 3.05) is 0 Å². The van der Waals surface area contributed by atoms with Crippen LogP contribution >= 0.6 is 0 Å². The maximum Gasteiger partial charge on any atom is 0.181 e. The number of fused-ring (bicyclic) bond motifs is 3. The Morgan fingerprint density at radius 3 is 2.21 bits per heavy atom. The number of carbonyl (C=O) groups is 4. The Labute approximate surface area is 198 Å². The summed E-state index contributed by atoms with van der Waals surface area (Å²) in [6.45, 7) is 13.9. The molecule has 0 heterocycles. The van der Waals surface area contributed by atoms with Gasteiger partial charge in [-0.05, 0) is 80.6 Å². The molecule has 0 N–H and O–H groups in total. The van der Waals surface area contributed by atoms with Crippen LogP contribution in [0.3, 0.4) is 0 Å². The van der Waals surface area contributed by atoms with Crippen LogP contribution in [0.1, 0.15) is 80.6 Å². The van der Waals surface area contributed by atoms with Crippen LogP contribution in [-0.4, -0.2) is 23.1 Å². The molecule has 0 aromatic rings. The van der Waals surface area contributed by atoms with Crippen LogP contribution < -0.4 is 0 Å². The standard InChI is InChI=1S/C29H38O4/c1-18(21(31)12-11-20(3)30)9-8-10-19(2)26-22(32)17-24-28(6)16-14-25(33)27(4,5)23(28)13-15-29(24,26)7/h8-12,23-24H,13-17H2,1-7H3/b10-8+,12-11-,18-9+,26-19+/t23-,24+,28-,29-/m0/s1. The third kappa shape index (κ3) is 4.29. The van der Waals surface area contributed by atoms with Crippen molar-refractivity contribution in [3.63, 3.8) is 0 Å². The number of hydrogen-bond acceptors (Lipinski definition) is 4. The molecule has 3 rings (SSSR count). The fraction of sp³-hybridized carbons (Fsp3) is 0.586. The minimum Gasteiger partial charge on any atom is -0.299 e. The zero-order valence-corrected chi connectivity index (χ0v) is 21.2. The van der Waals surface area contributed by atoms with E-state index in [0.717, 1.165) is 30.4 Å². The van der Waals surface area contributed by atoms with E-state index < -0.39 is 0 Å². The molecule has 0 spiro atoms. The lowest BCUT2D eigenvalue weighted by Crippen LogP contribution is -2.56. The lowest BCUT2D eigenvalue weighted by atomic mass is 9.43. The minimum atomic E-state index is -0.329. The van der Waals surface area contributed by atoms with Gasteiger partial charge in [-0.2, -0.15) is 0 Å². The summed E-state index contributed by atoms with van der Waals surface area (Å²) in [6, 6.07) is 0. The summed E-state index contributed by atoms with van der Waals surface area (Å²) in [5.41, 5.74) is 1.88. The highest BCUT2D eigenvalue weighted by molar-refractivity contribution is 6.07. The van der Waals surface area contributed by atoms with Gasteiger partial charge in [-0.15, -0.1) is 0 Å². The smallest absolute Gasteiger partial charge is 0.181 e. The van der Waals surface area contributed by atoms with Gasteiger partial charge in [0.15, 0.2) is 17.3 Å². The van der Waals surface area contributed by atoms with Crippen molar-refractivity contribution >= 4 is 23.1 Å². The van der Waals surface area contributed by atoms with Gasteiger partial charge in [0, 0.05) is 29.2 Å².